The molecule has 0 fully saturated rings. The molecular weight excluding hydrogens is 359 g/mol. The summed E-state index contributed by atoms with van der Waals surface area (Å²) in [5.41, 5.74) is 2.07. The Labute approximate surface area is 151 Å². The molecule has 27 heavy (non-hydrogen) atoms. The summed E-state index contributed by atoms with van der Waals surface area (Å²) in [5.74, 6) is 0.562. The van der Waals surface area contributed by atoms with E-state index >= 15 is 0 Å². The normalized spacial score (nSPS) is 11.5. The number of pyridine rings is 2. The number of benzene rings is 1. The van der Waals surface area contributed by atoms with Crippen molar-refractivity contribution < 1.29 is 17.9 Å². The van der Waals surface area contributed by atoms with E-state index in [0.29, 0.717) is 11.4 Å². The molecule has 0 atom stereocenters. The maximum absolute atomic E-state index is 12.4. The summed E-state index contributed by atoms with van der Waals surface area (Å²) in [6.07, 6.45) is 0.487. The van der Waals surface area contributed by atoms with Crippen molar-refractivity contribution in [2.45, 2.75) is 6.30 Å². The molecule has 0 unspecified atom stereocenters. The Morgan fingerprint density at radius 3 is 2.26 bits per heavy atom. The fraction of sp³-hybridized carbons (Fsp3) is 0.0556. The van der Waals surface area contributed by atoms with Gasteiger partial charge in [-0.25, -0.2) is 0 Å². The summed E-state index contributed by atoms with van der Waals surface area (Å²) >= 11 is 0. The molecule has 3 heterocycles. The molecule has 0 saturated carbocycles. The van der Waals surface area contributed by atoms with E-state index in [9.17, 15) is 13.2 Å². The van der Waals surface area contributed by atoms with Crippen LogP contribution in [0.5, 0.6) is 11.8 Å². The summed E-state index contributed by atoms with van der Waals surface area (Å²) < 4.78 is 44.5. The van der Waals surface area contributed by atoms with Gasteiger partial charge in [-0.15, -0.1) is 5.10 Å². The van der Waals surface area contributed by atoms with Gasteiger partial charge in [-0.3, -0.25) is 14.7 Å². The average Bonchev–Trinajstić information content (AvgIpc) is 3.04. The second kappa shape index (κ2) is 6.60. The predicted molar refractivity (Wildman–Crippen MR) is 92.4 cm³/mol. The molecular formula is C18H12F3N5O. The summed E-state index contributed by atoms with van der Waals surface area (Å²) in [5, 5.41) is 9.53. The molecule has 4 aromatic rings. The van der Waals surface area contributed by atoms with Gasteiger partial charge in [0.05, 0.1) is 0 Å². The van der Waals surface area contributed by atoms with Gasteiger partial charge >= 0.3 is 12.3 Å². The first-order valence-electron chi connectivity index (χ1n) is 7.86. The van der Waals surface area contributed by atoms with Crippen LogP contribution in [0.1, 0.15) is 0 Å². The lowest BCUT2D eigenvalue weighted by Gasteiger charge is -2.10. The zero-order chi connectivity index (χ0) is 18.9. The van der Waals surface area contributed by atoms with E-state index in [-0.39, 0.29) is 11.7 Å². The van der Waals surface area contributed by atoms with Gasteiger partial charge in [0, 0.05) is 24.3 Å². The van der Waals surface area contributed by atoms with Gasteiger partial charge in [0.2, 0.25) is 0 Å². The first-order valence-corrected chi connectivity index (χ1v) is 7.86. The molecule has 0 bridgehead atoms. The zero-order valence-corrected chi connectivity index (χ0v) is 13.7. The lowest BCUT2D eigenvalue weighted by atomic mass is 10.1. The van der Waals surface area contributed by atoms with Crippen molar-refractivity contribution in [3.8, 4) is 22.9 Å². The third-order valence-corrected chi connectivity index (χ3v) is 3.73. The molecule has 3 aromatic heterocycles. The van der Waals surface area contributed by atoms with Gasteiger partial charge in [-0.1, -0.05) is 17.2 Å². The van der Waals surface area contributed by atoms with Crippen LogP contribution in [-0.4, -0.2) is 25.9 Å². The maximum atomic E-state index is 12.4. The minimum absolute atomic E-state index is 0.0293. The van der Waals surface area contributed by atoms with Crippen LogP contribution >= 0.6 is 0 Å². The summed E-state index contributed by atoms with van der Waals surface area (Å²) in [6, 6.07) is 13.2. The molecule has 0 amide bonds. The van der Waals surface area contributed by atoms with Crippen LogP contribution in [0.2, 0.25) is 0 Å². The molecule has 1 aromatic carbocycles. The minimum atomic E-state index is -4.47. The Morgan fingerprint density at radius 2 is 1.56 bits per heavy atom. The molecule has 136 valence electrons. The van der Waals surface area contributed by atoms with Gasteiger partial charge in [0.25, 0.3) is 0 Å². The predicted octanol–water partition coefficient (Wildman–Crippen LogP) is 4.52. The van der Waals surface area contributed by atoms with Gasteiger partial charge in [0.1, 0.15) is 5.75 Å². The van der Waals surface area contributed by atoms with Crippen molar-refractivity contribution in [3.63, 3.8) is 0 Å². The Bertz CT molecular complexity index is 1060. The number of halogens is 3. The molecule has 0 saturated heterocycles. The number of aromatic nitrogens is 4. The minimum Gasteiger partial charge on any atom is -0.424 e. The number of ether oxygens (including phenoxy) is 1. The third kappa shape index (κ3) is 3.81. The Balaban J connectivity index is 1.64. The van der Waals surface area contributed by atoms with Crippen molar-refractivity contribution in [2.75, 3.05) is 5.32 Å². The second-order valence-corrected chi connectivity index (χ2v) is 5.61. The molecule has 0 radical (unpaired) electrons. The maximum Gasteiger partial charge on any atom is 0.482 e. The quantitative estimate of drug-likeness (QED) is 0.535. The summed E-state index contributed by atoms with van der Waals surface area (Å²) in [4.78, 5) is 3.92. The Hall–Kier alpha value is -3.62. The first-order chi connectivity index (χ1) is 13.0. The monoisotopic (exact) mass is 371 g/mol. The van der Waals surface area contributed by atoms with Crippen LogP contribution < -0.4 is 10.1 Å². The topological polar surface area (TPSA) is 64.3 Å². The molecule has 9 heteroatoms. The number of alkyl halides is 3. The highest BCUT2D eigenvalue weighted by atomic mass is 19.4. The summed E-state index contributed by atoms with van der Waals surface area (Å²) in [6.45, 7) is 0. The third-order valence-electron chi connectivity index (χ3n) is 3.73. The highest BCUT2D eigenvalue weighted by Gasteiger charge is 2.26. The van der Waals surface area contributed by atoms with Gasteiger partial charge in [-0.05, 0) is 47.5 Å². The van der Waals surface area contributed by atoms with Gasteiger partial charge in [0.15, 0.2) is 5.65 Å². The molecule has 0 aliphatic carbocycles. The number of anilines is 1. The number of hydrogen-bond donors (Lipinski definition) is 1. The first kappa shape index (κ1) is 16.8. The van der Waals surface area contributed by atoms with Crippen LogP contribution in [-0.2, 0) is 0 Å². The largest absolute Gasteiger partial charge is 0.482 e. The fourth-order valence-corrected chi connectivity index (χ4v) is 2.53. The standard InChI is InChI=1S/C18H12F3N5O/c19-18(20,21)23-14-4-1-12(2-5-14)13-3-6-16-24-25-17(26(16)11-13)27-15-7-9-22-10-8-15/h1-11,23H. The highest BCUT2D eigenvalue weighted by Crippen LogP contribution is 2.26. The Kier molecular flexibility index (Phi) is 4.11. The van der Waals surface area contributed by atoms with Crippen LogP contribution in [0.25, 0.3) is 16.8 Å². The van der Waals surface area contributed by atoms with Crippen LogP contribution in [0, 0.1) is 0 Å². The lowest BCUT2D eigenvalue weighted by molar-refractivity contribution is -0.0999. The number of nitrogens with zero attached hydrogens (tertiary/aromatic N) is 4. The van der Waals surface area contributed by atoms with Crippen LogP contribution in [0.15, 0.2) is 67.1 Å². The van der Waals surface area contributed by atoms with Crippen molar-refractivity contribution in [1.29, 1.82) is 0 Å². The zero-order valence-electron chi connectivity index (χ0n) is 13.7. The van der Waals surface area contributed by atoms with E-state index in [1.165, 1.54) is 17.4 Å². The lowest BCUT2D eigenvalue weighted by Crippen LogP contribution is -2.20. The van der Waals surface area contributed by atoms with E-state index in [1.807, 2.05) is 6.07 Å². The van der Waals surface area contributed by atoms with Crippen molar-refractivity contribution in [2.24, 2.45) is 0 Å². The van der Waals surface area contributed by atoms with Crippen molar-refractivity contribution in [1.82, 2.24) is 19.6 Å². The summed E-state index contributed by atoms with van der Waals surface area (Å²) in [7, 11) is 0. The van der Waals surface area contributed by atoms with Crippen molar-refractivity contribution >= 4 is 11.3 Å². The van der Waals surface area contributed by atoms with E-state index < -0.39 is 6.30 Å². The highest BCUT2D eigenvalue weighted by molar-refractivity contribution is 5.67. The van der Waals surface area contributed by atoms with Gasteiger partial charge in [-0.2, -0.15) is 13.2 Å². The van der Waals surface area contributed by atoms with Crippen LogP contribution in [0.3, 0.4) is 0 Å². The van der Waals surface area contributed by atoms with Crippen molar-refractivity contribution in [3.05, 3.63) is 67.1 Å². The molecule has 4 rings (SSSR count). The number of nitrogens with one attached hydrogen (secondary N) is 1. The van der Waals surface area contributed by atoms with E-state index in [0.717, 1.165) is 11.1 Å². The molecule has 0 spiro atoms. The molecule has 0 aliphatic rings. The number of hydrogen-bond acceptors (Lipinski definition) is 5. The van der Waals surface area contributed by atoms with E-state index in [4.69, 9.17) is 4.74 Å². The van der Waals surface area contributed by atoms with Crippen LogP contribution in [0.4, 0.5) is 18.9 Å². The number of rotatable bonds is 4. The number of fused-ring (bicyclic) bond motifs is 1. The fourth-order valence-electron chi connectivity index (χ4n) is 2.53. The second-order valence-electron chi connectivity index (χ2n) is 5.61. The smallest absolute Gasteiger partial charge is 0.424 e. The van der Waals surface area contributed by atoms with Gasteiger partial charge < -0.3 is 4.74 Å². The Morgan fingerprint density at radius 1 is 0.852 bits per heavy atom. The molecule has 6 nitrogen and oxygen atoms in total. The molecule has 0 aliphatic heterocycles. The molecule has 1 N–H and O–H groups in total. The SMILES string of the molecule is FC(F)(F)Nc1ccc(-c2ccc3nnc(Oc4ccncc4)n3c2)cc1. The average molecular weight is 371 g/mol. The van der Waals surface area contributed by atoms with E-state index in [2.05, 4.69) is 15.2 Å². The van der Waals surface area contributed by atoms with E-state index in [1.54, 1.807) is 53.3 Å².